The van der Waals surface area contributed by atoms with Gasteiger partial charge in [0.2, 0.25) is 5.75 Å². The summed E-state index contributed by atoms with van der Waals surface area (Å²) < 4.78 is 6.54. The van der Waals surface area contributed by atoms with Crippen LogP contribution in [0.25, 0.3) is 5.69 Å². The standard InChI is InChI=1S/C13H13ClN2O2/c1-3-18-12-11(14)8-15-16(13(12)17)10-6-4-5-9(2)7-10/h4-8H,3H2,1-2H3. The monoisotopic (exact) mass is 264 g/mol. The molecule has 18 heavy (non-hydrogen) atoms. The molecule has 2 aromatic rings. The SMILES string of the molecule is CCOc1c(Cl)cnn(-c2cccc(C)c2)c1=O. The number of halogens is 1. The zero-order valence-electron chi connectivity index (χ0n) is 10.2. The van der Waals surface area contributed by atoms with E-state index in [9.17, 15) is 4.79 Å². The summed E-state index contributed by atoms with van der Waals surface area (Å²) in [6, 6.07) is 7.50. The van der Waals surface area contributed by atoms with E-state index in [0.717, 1.165) is 5.56 Å². The molecule has 0 bridgehead atoms. The van der Waals surface area contributed by atoms with Crippen LogP contribution < -0.4 is 10.3 Å². The van der Waals surface area contributed by atoms with E-state index in [1.165, 1.54) is 10.9 Å². The Kier molecular flexibility index (Phi) is 3.67. The highest BCUT2D eigenvalue weighted by Gasteiger charge is 2.12. The first-order valence-corrected chi connectivity index (χ1v) is 5.99. The molecule has 0 fully saturated rings. The lowest BCUT2D eigenvalue weighted by atomic mass is 10.2. The highest BCUT2D eigenvalue weighted by molar-refractivity contribution is 6.31. The molecule has 1 aromatic heterocycles. The molecule has 0 aliphatic heterocycles. The van der Waals surface area contributed by atoms with Gasteiger partial charge in [-0.2, -0.15) is 9.78 Å². The predicted molar refractivity (Wildman–Crippen MR) is 70.8 cm³/mol. The van der Waals surface area contributed by atoms with E-state index in [2.05, 4.69) is 5.10 Å². The van der Waals surface area contributed by atoms with E-state index in [4.69, 9.17) is 16.3 Å². The highest BCUT2D eigenvalue weighted by atomic mass is 35.5. The number of ether oxygens (including phenoxy) is 1. The zero-order chi connectivity index (χ0) is 13.1. The number of hydrogen-bond acceptors (Lipinski definition) is 3. The van der Waals surface area contributed by atoms with Crippen LogP contribution in [0.4, 0.5) is 0 Å². The minimum atomic E-state index is -0.352. The Balaban J connectivity index is 2.59. The van der Waals surface area contributed by atoms with Crippen molar-refractivity contribution >= 4 is 11.6 Å². The van der Waals surface area contributed by atoms with Gasteiger partial charge in [0.05, 0.1) is 18.5 Å². The molecule has 0 unspecified atom stereocenters. The summed E-state index contributed by atoms with van der Waals surface area (Å²) in [6.45, 7) is 4.13. The van der Waals surface area contributed by atoms with Crippen LogP contribution in [0.3, 0.4) is 0 Å². The fraction of sp³-hybridized carbons (Fsp3) is 0.231. The first-order chi connectivity index (χ1) is 8.63. The van der Waals surface area contributed by atoms with Crippen LogP contribution in [0.5, 0.6) is 5.75 Å². The van der Waals surface area contributed by atoms with Gasteiger partial charge >= 0.3 is 5.56 Å². The molecule has 1 aromatic carbocycles. The highest BCUT2D eigenvalue weighted by Crippen LogP contribution is 2.18. The second-order valence-corrected chi connectivity index (χ2v) is 4.22. The molecule has 2 rings (SSSR count). The molecule has 0 saturated carbocycles. The fourth-order valence-electron chi connectivity index (χ4n) is 1.64. The fourth-order valence-corrected chi connectivity index (χ4v) is 1.82. The average molecular weight is 265 g/mol. The van der Waals surface area contributed by atoms with Crippen molar-refractivity contribution < 1.29 is 4.74 Å². The van der Waals surface area contributed by atoms with Crippen molar-refractivity contribution in [3.05, 3.63) is 51.4 Å². The number of hydrogen-bond donors (Lipinski definition) is 0. The van der Waals surface area contributed by atoms with Gasteiger partial charge in [0.25, 0.3) is 0 Å². The number of aryl methyl sites for hydroxylation is 1. The smallest absolute Gasteiger partial charge is 0.315 e. The van der Waals surface area contributed by atoms with Gasteiger partial charge in [0.15, 0.2) is 0 Å². The van der Waals surface area contributed by atoms with Crippen LogP contribution >= 0.6 is 11.6 Å². The topological polar surface area (TPSA) is 44.1 Å². The third-order valence-corrected chi connectivity index (χ3v) is 2.69. The Bertz CT molecular complexity index is 623. The number of rotatable bonds is 3. The van der Waals surface area contributed by atoms with E-state index >= 15 is 0 Å². The molecular formula is C13H13ClN2O2. The van der Waals surface area contributed by atoms with Gasteiger partial charge in [-0.15, -0.1) is 0 Å². The summed E-state index contributed by atoms with van der Waals surface area (Å²) in [5.41, 5.74) is 1.39. The molecule has 0 aliphatic carbocycles. The zero-order valence-corrected chi connectivity index (χ0v) is 10.9. The van der Waals surface area contributed by atoms with Crippen LogP contribution in [-0.2, 0) is 0 Å². The third-order valence-electron chi connectivity index (χ3n) is 2.42. The van der Waals surface area contributed by atoms with Crippen LogP contribution in [0.15, 0.2) is 35.3 Å². The van der Waals surface area contributed by atoms with Crippen molar-refractivity contribution in [1.29, 1.82) is 0 Å². The minimum Gasteiger partial charge on any atom is -0.487 e. The molecular weight excluding hydrogens is 252 g/mol. The summed E-state index contributed by atoms with van der Waals surface area (Å²) in [5, 5.41) is 4.25. The molecule has 94 valence electrons. The van der Waals surface area contributed by atoms with Crippen LogP contribution in [0.2, 0.25) is 5.02 Å². The van der Waals surface area contributed by atoms with Gasteiger partial charge in [0, 0.05) is 0 Å². The van der Waals surface area contributed by atoms with E-state index < -0.39 is 0 Å². The lowest BCUT2D eigenvalue weighted by molar-refractivity contribution is 0.332. The summed E-state index contributed by atoms with van der Waals surface area (Å²) in [4.78, 5) is 12.2. The number of nitrogens with zero attached hydrogens (tertiary/aromatic N) is 2. The van der Waals surface area contributed by atoms with Gasteiger partial charge < -0.3 is 4.74 Å². The molecule has 0 aliphatic rings. The normalized spacial score (nSPS) is 10.4. The summed E-state index contributed by atoms with van der Waals surface area (Å²) in [5.74, 6) is 0.135. The molecule has 4 nitrogen and oxygen atoms in total. The number of aromatic nitrogens is 2. The van der Waals surface area contributed by atoms with E-state index in [1.54, 1.807) is 6.92 Å². The molecule has 5 heteroatoms. The molecule has 0 amide bonds. The summed E-state index contributed by atoms with van der Waals surface area (Å²) >= 11 is 5.90. The Hall–Kier alpha value is -1.81. The van der Waals surface area contributed by atoms with Crippen molar-refractivity contribution in [2.24, 2.45) is 0 Å². The lowest BCUT2D eigenvalue weighted by Crippen LogP contribution is -2.23. The second-order valence-electron chi connectivity index (χ2n) is 3.81. The molecule has 0 saturated heterocycles. The van der Waals surface area contributed by atoms with Gasteiger partial charge in [-0.3, -0.25) is 4.79 Å². The van der Waals surface area contributed by atoms with Crippen LogP contribution in [0, 0.1) is 6.92 Å². The number of benzene rings is 1. The summed E-state index contributed by atoms with van der Waals surface area (Å²) in [6.07, 6.45) is 1.41. The maximum atomic E-state index is 12.2. The van der Waals surface area contributed by atoms with Gasteiger partial charge in [-0.1, -0.05) is 23.7 Å². The quantitative estimate of drug-likeness (QED) is 0.856. The lowest BCUT2D eigenvalue weighted by Gasteiger charge is -2.09. The van der Waals surface area contributed by atoms with Crippen LogP contribution in [-0.4, -0.2) is 16.4 Å². The Morgan fingerprint density at radius 3 is 2.89 bits per heavy atom. The molecule has 0 N–H and O–H groups in total. The van der Waals surface area contributed by atoms with E-state index in [0.29, 0.717) is 12.3 Å². The second kappa shape index (κ2) is 5.23. The van der Waals surface area contributed by atoms with Crippen molar-refractivity contribution in [2.75, 3.05) is 6.61 Å². The Morgan fingerprint density at radius 2 is 2.22 bits per heavy atom. The first kappa shape index (κ1) is 12.6. The largest absolute Gasteiger partial charge is 0.487 e. The molecule has 0 radical (unpaired) electrons. The van der Waals surface area contributed by atoms with Crippen LogP contribution in [0.1, 0.15) is 12.5 Å². The Morgan fingerprint density at radius 1 is 1.44 bits per heavy atom. The minimum absolute atomic E-state index is 0.135. The van der Waals surface area contributed by atoms with Crippen molar-refractivity contribution in [1.82, 2.24) is 9.78 Å². The predicted octanol–water partition coefficient (Wildman–Crippen LogP) is 2.59. The first-order valence-electron chi connectivity index (χ1n) is 5.61. The van der Waals surface area contributed by atoms with Crippen molar-refractivity contribution in [3.8, 4) is 11.4 Å². The van der Waals surface area contributed by atoms with Gasteiger partial charge in [0.1, 0.15) is 5.02 Å². The van der Waals surface area contributed by atoms with E-state index in [1.807, 2.05) is 31.2 Å². The van der Waals surface area contributed by atoms with E-state index in [-0.39, 0.29) is 16.3 Å². The molecule has 0 atom stereocenters. The molecule has 0 spiro atoms. The summed E-state index contributed by atoms with van der Waals surface area (Å²) in [7, 11) is 0. The average Bonchev–Trinajstić information content (AvgIpc) is 2.34. The maximum Gasteiger partial charge on any atom is 0.315 e. The van der Waals surface area contributed by atoms with Crippen molar-refractivity contribution in [3.63, 3.8) is 0 Å². The Labute approximate surface area is 110 Å². The van der Waals surface area contributed by atoms with Gasteiger partial charge in [-0.05, 0) is 31.5 Å². The third kappa shape index (κ3) is 2.38. The maximum absolute atomic E-state index is 12.2. The molecule has 1 heterocycles. The van der Waals surface area contributed by atoms with Gasteiger partial charge in [-0.25, -0.2) is 0 Å². The van der Waals surface area contributed by atoms with Crippen molar-refractivity contribution in [2.45, 2.75) is 13.8 Å².